The van der Waals surface area contributed by atoms with Crippen LogP contribution in [0.4, 0.5) is 0 Å². The summed E-state index contributed by atoms with van der Waals surface area (Å²) in [4.78, 5) is 14.8. The molecule has 2 aliphatic heterocycles. The van der Waals surface area contributed by atoms with Gasteiger partial charge in [0.05, 0.1) is 4.90 Å². The molecule has 34 heavy (non-hydrogen) atoms. The Kier molecular flexibility index (Phi) is 7.90. The molecule has 0 atom stereocenters. The Bertz CT molecular complexity index is 1120. The third-order valence-corrected chi connectivity index (χ3v) is 8.09. The van der Waals surface area contributed by atoms with Crippen LogP contribution in [0.5, 0.6) is 11.5 Å². The van der Waals surface area contributed by atoms with Crippen LogP contribution < -0.4 is 9.47 Å². The van der Waals surface area contributed by atoms with E-state index in [0.29, 0.717) is 50.0 Å². The number of sulfonamides is 1. The highest BCUT2D eigenvalue weighted by Gasteiger charge is 2.24. The first-order chi connectivity index (χ1) is 16.5. The maximum atomic E-state index is 12.9. The Balaban J connectivity index is 1.39. The highest BCUT2D eigenvalue weighted by atomic mass is 32.2. The fourth-order valence-corrected chi connectivity index (χ4v) is 5.72. The third kappa shape index (κ3) is 5.80. The molecule has 0 aromatic heterocycles. The van der Waals surface area contributed by atoms with Crippen molar-refractivity contribution in [2.75, 3.05) is 32.8 Å². The van der Waals surface area contributed by atoms with Crippen LogP contribution in [0.15, 0.2) is 53.4 Å². The van der Waals surface area contributed by atoms with Crippen molar-refractivity contribution in [3.63, 3.8) is 0 Å². The van der Waals surface area contributed by atoms with Crippen molar-refractivity contribution in [3.05, 3.63) is 59.7 Å². The normalized spacial score (nSPS) is 16.9. The standard InChI is InChI=1S/C26H32N2O5S/c1-2-27(20-22-9-13-24-25(19-22)33-18-17-32-24)26(29)14-10-21-7-11-23(12-8-21)34(30,31)28-15-5-3-4-6-16-28/h7-14,19H,2-6,15-18,20H2,1H3/b14-10+. The summed E-state index contributed by atoms with van der Waals surface area (Å²) >= 11 is 0. The Labute approximate surface area is 202 Å². The fraction of sp³-hybridized carbons (Fsp3) is 0.423. The molecular weight excluding hydrogens is 452 g/mol. The quantitative estimate of drug-likeness (QED) is 0.554. The van der Waals surface area contributed by atoms with Crippen molar-refractivity contribution in [3.8, 4) is 11.5 Å². The fourth-order valence-electron chi connectivity index (χ4n) is 4.21. The van der Waals surface area contributed by atoms with E-state index in [1.807, 2.05) is 25.1 Å². The summed E-state index contributed by atoms with van der Waals surface area (Å²) in [6.45, 7) is 5.18. The van der Waals surface area contributed by atoms with E-state index >= 15 is 0 Å². The second kappa shape index (κ2) is 11.1. The van der Waals surface area contributed by atoms with Crippen LogP contribution in [0.25, 0.3) is 6.08 Å². The van der Waals surface area contributed by atoms with Crippen LogP contribution in [0, 0.1) is 0 Å². The Hall–Kier alpha value is -2.84. The van der Waals surface area contributed by atoms with E-state index in [2.05, 4.69) is 0 Å². The molecule has 2 aromatic rings. The van der Waals surface area contributed by atoms with Gasteiger partial charge in [0.15, 0.2) is 11.5 Å². The van der Waals surface area contributed by atoms with Crippen molar-refractivity contribution < 1.29 is 22.7 Å². The third-order valence-electron chi connectivity index (χ3n) is 6.17. The highest BCUT2D eigenvalue weighted by molar-refractivity contribution is 7.89. The minimum Gasteiger partial charge on any atom is -0.486 e. The van der Waals surface area contributed by atoms with Gasteiger partial charge >= 0.3 is 0 Å². The smallest absolute Gasteiger partial charge is 0.246 e. The van der Waals surface area contributed by atoms with Gasteiger partial charge < -0.3 is 14.4 Å². The molecule has 0 spiro atoms. The molecule has 1 saturated heterocycles. The number of likely N-dealkylation sites (N-methyl/N-ethyl adjacent to an activating group) is 1. The van der Waals surface area contributed by atoms with Crippen LogP contribution in [0.1, 0.15) is 43.7 Å². The SMILES string of the molecule is CCN(Cc1ccc2c(c1)OCCO2)C(=O)/C=C/c1ccc(S(=O)(=O)N2CCCCCC2)cc1. The number of benzene rings is 2. The molecule has 0 aliphatic carbocycles. The topological polar surface area (TPSA) is 76.1 Å². The minimum atomic E-state index is -3.48. The lowest BCUT2D eigenvalue weighted by atomic mass is 10.1. The van der Waals surface area contributed by atoms with Crippen LogP contribution in [0.3, 0.4) is 0 Å². The van der Waals surface area contributed by atoms with Crippen molar-refractivity contribution >= 4 is 22.0 Å². The first-order valence-electron chi connectivity index (χ1n) is 11.9. The van der Waals surface area contributed by atoms with Crippen molar-refractivity contribution in [2.24, 2.45) is 0 Å². The summed E-state index contributed by atoms with van der Waals surface area (Å²) in [6.07, 6.45) is 7.21. The molecule has 2 aliphatic rings. The zero-order valence-electron chi connectivity index (χ0n) is 19.6. The van der Waals surface area contributed by atoms with E-state index in [4.69, 9.17) is 9.47 Å². The zero-order chi connectivity index (χ0) is 24.0. The van der Waals surface area contributed by atoms with Gasteiger partial charge in [-0.3, -0.25) is 4.79 Å². The molecular formula is C26H32N2O5S. The number of hydrogen-bond acceptors (Lipinski definition) is 5. The molecule has 4 rings (SSSR count). The largest absolute Gasteiger partial charge is 0.486 e. The lowest BCUT2D eigenvalue weighted by molar-refractivity contribution is -0.126. The number of nitrogens with zero attached hydrogens (tertiary/aromatic N) is 2. The van der Waals surface area contributed by atoms with E-state index in [-0.39, 0.29) is 5.91 Å². The Morgan fingerprint density at radius 1 is 0.971 bits per heavy atom. The first kappa shape index (κ1) is 24.3. The van der Waals surface area contributed by atoms with Gasteiger partial charge in [-0.2, -0.15) is 4.31 Å². The Morgan fingerprint density at radius 3 is 2.32 bits per heavy atom. The summed E-state index contributed by atoms with van der Waals surface area (Å²) < 4.78 is 38.7. The van der Waals surface area contributed by atoms with Crippen molar-refractivity contribution in [1.29, 1.82) is 0 Å². The summed E-state index contributed by atoms with van der Waals surface area (Å²) in [6, 6.07) is 12.5. The molecule has 1 amide bonds. The number of fused-ring (bicyclic) bond motifs is 1. The van der Waals surface area contributed by atoms with E-state index < -0.39 is 10.0 Å². The van der Waals surface area contributed by atoms with Gasteiger partial charge in [0, 0.05) is 32.3 Å². The van der Waals surface area contributed by atoms with Gasteiger partial charge in [-0.15, -0.1) is 0 Å². The number of amides is 1. The van der Waals surface area contributed by atoms with Gasteiger partial charge in [-0.05, 0) is 61.2 Å². The molecule has 2 heterocycles. The summed E-state index contributed by atoms with van der Waals surface area (Å²) in [5.74, 6) is 1.32. The van der Waals surface area contributed by atoms with Gasteiger partial charge in [-0.25, -0.2) is 8.42 Å². The number of ether oxygens (including phenoxy) is 2. The van der Waals surface area contributed by atoms with Crippen LogP contribution in [-0.2, 0) is 21.4 Å². The van der Waals surface area contributed by atoms with Gasteiger partial charge in [0.2, 0.25) is 15.9 Å². The number of carbonyl (C=O) groups excluding carboxylic acids is 1. The Morgan fingerprint density at radius 2 is 1.65 bits per heavy atom. The molecule has 2 aromatic carbocycles. The molecule has 7 nitrogen and oxygen atoms in total. The maximum Gasteiger partial charge on any atom is 0.246 e. The first-order valence-corrected chi connectivity index (χ1v) is 13.4. The number of carbonyl (C=O) groups is 1. The van der Waals surface area contributed by atoms with Crippen LogP contribution >= 0.6 is 0 Å². The lowest BCUT2D eigenvalue weighted by Crippen LogP contribution is -2.31. The lowest BCUT2D eigenvalue weighted by Gasteiger charge is -2.22. The monoisotopic (exact) mass is 484 g/mol. The van der Waals surface area contributed by atoms with Crippen molar-refractivity contribution in [2.45, 2.75) is 44.0 Å². The van der Waals surface area contributed by atoms with Crippen LogP contribution in [0.2, 0.25) is 0 Å². The summed E-state index contributed by atoms with van der Waals surface area (Å²) in [7, 11) is -3.48. The molecule has 8 heteroatoms. The molecule has 182 valence electrons. The average molecular weight is 485 g/mol. The van der Waals surface area contributed by atoms with Gasteiger partial charge in [0.25, 0.3) is 0 Å². The maximum absolute atomic E-state index is 12.9. The molecule has 0 radical (unpaired) electrons. The van der Waals surface area contributed by atoms with E-state index in [9.17, 15) is 13.2 Å². The van der Waals surface area contributed by atoms with Crippen molar-refractivity contribution in [1.82, 2.24) is 9.21 Å². The molecule has 0 bridgehead atoms. The summed E-state index contributed by atoms with van der Waals surface area (Å²) in [5, 5.41) is 0. The van der Waals surface area contributed by atoms with Crippen LogP contribution in [-0.4, -0.2) is 56.4 Å². The van der Waals surface area contributed by atoms with E-state index in [0.717, 1.165) is 42.6 Å². The number of hydrogen-bond donors (Lipinski definition) is 0. The second-order valence-electron chi connectivity index (χ2n) is 8.55. The predicted molar refractivity (Wildman–Crippen MR) is 131 cm³/mol. The minimum absolute atomic E-state index is 0.112. The average Bonchev–Trinajstić information content (AvgIpc) is 3.16. The second-order valence-corrected chi connectivity index (χ2v) is 10.5. The highest BCUT2D eigenvalue weighted by Crippen LogP contribution is 2.31. The molecule has 0 saturated carbocycles. The zero-order valence-corrected chi connectivity index (χ0v) is 20.4. The van der Waals surface area contributed by atoms with Gasteiger partial charge in [-0.1, -0.05) is 31.0 Å². The molecule has 0 unspecified atom stereocenters. The number of rotatable bonds is 7. The molecule has 1 fully saturated rings. The summed E-state index contributed by atoms with van der Waals surface area (Å²) in [5.41, 5.74) is 1.74. The van der Waals surface area contributed by atoms with Gasteiger partial charge in [0.1, 0.15) is 13.2 Å². The van der Waals surface area contributed by atoms with E-state index in [1.54, 1.807) is 39.5 Å². The van der Waals surface area contributed by atoms with E-state index in [1.165, 1.54) is 6.08 Å². The molecule has 0 N–H and O–H groups in total. The predicted octanol–water partition coefficient (Wildman–Crippen LogP) is 4.08.